The lowest BCUT2D eigenvalue weighted by molar-refractivity contribution is 0.0992. The highest BCUT2D eigenvalue weighted by molar-refractivity contribution is 9.11. The molecule has 0 aliphatic carbocycles. The summed E-state index contributed by atoms with van der Waals surface area (Å²) in [6.07, 6.45) is 0.0193. The van der Waals surface area contributed by atoms with E-state index in [1.165, 1.54) is 0 Å². The fraction of sp³-hybridized carbons (Fsp3) is 0.111. The molecule has 0 atom stereocenters. The Morgan fingerprint density at radius 3 is 2.48 bits per heavy atom. The molecule has 0 N–H and O–H groups in total. The van der Waals surface area contributed by atoms with E-state index < -0.39 is 5.63 Å². The van der Waals surface area contributed by atoms with E-state index in [0.29, 0.717) is 21.2 Å². The minimum absolute atomic E-state index is 0.0193. The molecule has 0 unspecified atom stereocenters. The molecule has 0 aliphatic rings. The van der Waals surface area contributed by atoms with Gasteiger partial charge >= 0.3 is 5.63 Å². The lowest BCUT2D eigenvalue weighted by Gasteiger charge is -2.05. The largest absolute Gasteiger partial charge is 0.421 e. The van der Waals surface area contributed by atoms with E-state index in [-0.39, 0.29) is 12.2 Å². The minimum Gasteiger partial charge on any atom is -0.421 e. The molecular weight excluding hydrogens is 424 g/mol. The van der Waals surface area contributed by atoms with Crippen LogP contribution in [-0.2, 0) is 6.42 Å². The summed E-state index contributed by atoms with van der Waals surface area (Å²) < 4.78 is 6.91. The molecular formula is C18H12Br2O3. The maximum Gasteiger partial charge on any atom is 0.339 e. The predicted octanol–water partition coefficient (Wildman–Crippen LogP) is 5.05. The van der Waals surface area contributed by atoms with Gasteiger partial charge in [-0.1, -0.05) is 45.8 Å². The highest BCUT2D eigenvalue weighted by Gasteiger charge is 2.13. The second-order valence-corrected chi connectivity index (χ2v) is 7.10. The lowest BCUT2D eigenvalue weighted by Crippen LogP contribution is -2.13. The van der Waals surface area contributed by atoms with Gasteiger partial charge in [0.05, 0.1) is 4.47 Å². The number of hydrogen-bond acceptors (Lipinski definition) is 3. The summed E-state index contributed by atoms with van der Waals surface area (Å²) >= 11 is 6.78. The zero-order valence-electron chi connectivity index (χ0n) is 12.2. The van der Waals surface area contributed by atoms with Crippen LogP contribution < -0.4 is 5.63 Å². The van der Waals surface area contributed by atoms with Crippen LogP contribution in [-0.4, -0.2) is 5.78 Å². The van der Waals surface area contributed by atoms with E-state index >= 15 is 0 Å². The second kappa shape index (κ2) is 6.42. The lowest BCUT2D eigenvalue weighted by atomic mass is 10.0. The number of ketones is 1. The maximum atomic E-state index is 12.3. The summed E-state index contributed by atoms with van der Waals surface area (Å²) in [5.41, 5.74) is 2.02. The number of benzene rings is 2. The van der Waals surface area contributed by atoms with Gasteiger partial charge in [-0.25, -0.2) is 4.79 Å². The normalized spacial score (nSPS) is 10.9. The van der Waals surface area contributed by atoms with Crippen LogP contribution in [0.3, 0.4) is 0 Å². The van der Waals surface area contributed by atoms with Crippen molar-refractivity contribution in [1.82, 2.24) is 0 Å². The molecule has 2 aromatic carbocycles. The van der Waals surface area contributed by atoms with Crippen molar-refractivity contribution in [2.45, 2.75) is 13.3 Å². The van der Waals surface area contributed by atoms with Gasteiger partial charge in [0.1, 0.15) is 0 Å². The highest BCUT2D eigenvalue weighted by Crippen LogP contribution is 2.28. The van der Waals surface area contributed by atoms with Gasteiger partial charge in [-0.2, -0.15) is 0 Å². The van der Waals surface area contributed by atoms with Crippen molar-refractivity contribution >= 4 is 48.6 Å². The van der Waals surface area contributed by atoms with Crippen LogP contribution in [0.1, 0.15) is 21.5 Å². The Morgan fingerprint density at radius 1 is 1.09 bits per heavy atom. The highest BCUT2D eigenvalue weighted by atomic mass is 79.9. The van der Waals surface area contributed by atoms with Crippen molar-refractivity contribution in [2.75, 3.05) is 0 Å². The van der Waals surface area contributed by atoms with Crippen LogP contribution >= 0.6 is 31.9 Å². The first kappa shape index (κ1) is 16.1. The molecule has 23 heavy (non-hydrogen) atoms. The predicted molar refractivity (Wildman–Crippen MR) is 97.1 cm³/mol. The van der Waals surface area contributed by atoms with E-state index in [4.69, 9.17) is 4.42 Å². The van der Waals surface area contributed by atoms with Crippen LogP contribution in [0.25, 0.3) is 11.0 Å². The zero-order chi connectivity index (χ0) is 16.6. The third-order valence-electron chi connectivity index (χ3n) is 3.55. The molecule has 0 fully saturated rings. The van der Waals surface area contributed by atoms with E-state index in [1.54, 1.807) is 18.2 Å². The molecule has 5 heteroatoms. The fourth-order valence-electron chi connectivity index (χ4n) is 2.34. The fourth-order valence-corrected chi connectivity index (χ4v) is 3.68. The van der Waals surface area contributed by atoms with Crippen molar-refractivity contribution in [3.05, 3.63) is 78.5 Å². The summed E-state index contributed by atoms with van der Waals surface area (Å²) in [4.78, 5) is 24.5. The molecule has 3 aromatic rings. The summed E-state index contributed by atoms with van der Waals surface area (Å²) in [7, 11) is 0. The van der Waals surface area contributed by atoms with Gasteiger partial charge < -0.3 is 4.42 Å². The van der Waals surface area contributed by atoms with E-state index in [1.807, 2.05) is 31.2 Å². The third kappa shape index (κ3) is 3.46. The Labute approximate surface area is 149 Å². The van der Waals surface area contributed by atoms with E-state index in [2.05, 4.69) is 31.9 Å². The molecule has 1 aromatic heterocycles. The van der Waals surface area contributed by atoms with Crippen LogP contribution in [0.15, 0.2) is 60.6 Å². The summed E-state index contributed by atoms with van der Waals surface area (Å²) in [6, 6.07) is 12.7. The third-order valence-corrected chi connectivity index (χ3v) is 4.60. The number of hydrogen-bond donors (Lipinski definition) is 0. The number of carbonyl (C=O) groups excluding carboxylic acids is 1. The minimum atomic E-state index is -0.485. The topological polar surface area (TPSA) is 47.3 Å². The molecule has 3 rings (SSSR count). The molecule has 0 aliphatic heterocycles. The van der Waals surface area contributed by atoms with E-state index in [0.717, 1.165) is 15.4 Å². The number of halogens is 2. The first-order valence-electron chi connectivity index (χ1n) is 6.95. The number of aryl methyl sites for hydroxylation is 1. The average Bonchev–Trinajstić information content (AvgIpc) is 2.49. The molecule has 116 valence electrons. The first-order valence-corrected chi connectivity index (χ1v) is 8.54. The molecule has 0 radical (unpaired) electrons. The van der Waals surface area contributed by atoms with Crippen molar-refractivity contribution in [3.8, 4) is 0 Å². The van der Waals surface area contributed by atoms with Crippen LogP contribution in [0.2, 0.25) is 0 Å². The van der Waals surface area contributed by atoms with Gasteiger partial charge in [0.15, 0.2) is 11.4 Å². The smallest absolute Gasteiger partial charge is 0.339 e. The molecule has 3 nitrogen and oxygen atoms in total. The molecule has 0 amide bonds. The van der Waals surface area contributed by atoms with Crippen molar-refractivity contribution in [3.63, 3.8) is 0 Å². The van der Waals surface area contributed by atoms with Gasteiger partial charge in [0, 0.05) is 27.4 Å². The van der Waals surface area contributed by atoms with Gasteiger partial charge in [-0.15, -0.1) is 0 Å². The Morgan fingerprint density at radius 2 is 1.78 bits per heavy atom. The summed E-state index contributed by atoms with van der Waals surface area (Å²) in [5, 5.41) is 0.762. The summed E-state index contributed by atoms with van der Waals surface area (Å²) in [6.45, 7) is 1.96. The molecule has 0 saturated carbocycles. The molecule has 1 heterocycles. The maximum absolute atomic E-state index is 12.3. The summed E-state index contributed by atoms with van der Waals surface area (Å²) in [5.74, 6) is -0.106. The SMILES string of the molecule is Cc1ccc(C(=O)Cc2cc3cc(Br)cc(Br)c3oc2=O)cc1. The number of fused-ring (bicyclic) bond motifs is 1. The van der Waals surface area contributed by atoms with Crippen molar-refractivity contribution in [1.29, 1.82) is 0 Å². The van der Waals surface area contributed by atoms with Gasteiger partial charge in [0.2, 0.25) is 0 Å². The van der Waals surface area contributed by atoms with Crippen LogP contribution in [0, 0.1) is 6.92 Å². The zero-order valence-corrected chi connectivity index (χ0v) is 15.4. The Balaban J connectivity index is 1.99. The number of carbonyl (C=O) groups is 1. The first-order chi connectivity index (χ1) is 10.9. The standard InChI is InChI=1S/C18H12Br2O3/c1-10-2-4-11(5-3-10)16(21)8-13-6-12-7-14(19)9-15(20)17(12)23-18(13)22/h2-7,9H,8H2,1H3. The van der Waals surface area contributed by atoms with Gasteiger partial charge in [0.25, 0.3) is 0 Å². The average molecular weight is 436 g/mol. The molecule has 0 spiro atoms. The number of rotatable bonds is 3. The quantitative estimate of drug-likeness (QED) is 0.427. The Bertz CT molecular complexity index is 956. The molecule has 0 saturated heterocycles. The second-order valence-electron chi connectivity index (χ2n) is 5.33. The van der Waals surface area contributed by atoms with Gasteiger partial charge in [-0.05, 0) is 41.1 Å². The monoisotopic (exact) mass is 434 g/mol. The number of Topliss-reactive ketones (excluding diaryl/α,β-unsaturated/α-hetero) is 1. The van der Waals surface area contributed by atoms with E-state index in [9.17, 15) is 9.59 Å². The Hall–Kier alpha value is -1.72. The van der Waals surface area contributed by atoms with Crippen LogP contribution in [0.4, 0.5) is 0 Å². The Kier molecular flexibility index (Phi) is 4.50. The van der Waals surface area contributed by atoms with Gasteiger partial charge in [-0.3, -0.25) is 4.79 Å². The molecule has 0 bridgehead atoms. The van der Waals surface area contributed by atoms with Crippen LogP contribution in [0.5, 0.6) is 0 Å². The van der Waals surface area contributed by atoms with Crippen molar-refractivity contribution < 1.29 is 9.21 Å². The van der Waals surface area contributed by atoms with Crippen molar-refractivity contribution in [2.24, 2.45) is 0 Å².